The second kappa shape index (κ2) is 9.13. The molecule has 1 aliphatic rings. The van der Waals surface area contributed by atoms with E-state index in [-0.39, 0.29) is 12.0 Å². The standard InChI is InChI=1S/C27H27FN2O2/c1-2-20-16-22(32-18-19-8-4-3-5-9-19)12-14-23(20)24-13-11-21-17-29-30(27(21)26(24)28)25-10-6-7-15-31-25/h3-5,8-9,11-14,16-17,25H,2,6-7,10,15,18H2,1H3. The van der Waals surface area contributed by atoms with Gasteiger partial charge in [-0.1, -0.05) is 55.5 Å². The Morgan fingerprint density at radius 3 is 2.69 bits per heavy atom. The Morgan fingerprint density at radius 1 is 1.06 bits per heavy atom. The molecule has 0 amide bonds. The number of halogens is 1. The van der Waals surface area contributed by atoms with Crippen LogP contribution >= 0.6 is 0 Å². The molecule has 2 heterocycles. The molecule has 4 aromatic rings. The summed E-state index contributed by atoms with van der Waals surface area (Å²) in [5, 5.41) is 5.25. The number of hydrogen-bond donors (Lipinski definition) is 0. The highest BCUT2D eigenvalue weighted by atomic mass is 19.1. The minimum atomic E-state index is -0.248. The summed E-state index contributed by atoms with van der Waals surface area (Å²) in [5.74, 6) is 0.540. The van der Waals surface area contributed by atoms with Crippen molar-refractivity contribution in [1.29, 1.82) is 0 Å². The highest BCUT2D eigenvalue weighted by Crippen LogP contribution is 2.35. The summed E-state index contributed by atoms with van der Waals surface area (Å²) in [6.07, 6.45) is 5.26. The lowest BCUT2D eigenvalue weighted by atomic mass is 9.96. The largest absolute Gasteiger partial charge is 0.489 e. The zero-order valence-electron chi connectivity index (χ0n) is 18.3. The molecule has 0 bridgehead atoms. The van der Waals surface area contributed by atoms with Crippen molar-refractivity contribution < 1.29 is 13.9 Å². The Bertz CT molecular complexity index is 1210. The van der Waals surface area contributed by atoms with Crippen LogP contribution in [0.1, 0.15) is 43.5 Å². The minimum absolute atomic E-state index is 0.203. The smallest absolute Gasteiger partial charge is 0.157 e. The summed E-state index contributed by atoms with van der Waals surface area (Å²) in [4.78, 5) is 0. The molecule has 5 heteroatoms. The summed E-state index contributed by atoms with van der Waals surface area (Å²) in [6, 6.07) is 19.8. The van der Waals surface area contributed by atoms with E-state index in [0.29, 0.717) is 24.3 Å². The van der Waals surface area contributed by atoms with Crippen LogP contribution in [0.3, 0.4) is 0 Å². The molecule has 0 N–H and O–H groups in total. The molecule has 1 fully saturated rings. The molecule has 0 radical (unpaired) electrons. The molecule has 1 unspecified atom stereocenters. The number of aromatic nitrogens is 2. The lowest BCUT2D eigenvalue weighted by Gasteiger charge is -2.23. The monoisotopic (exact) mass is 430 g/mol. The molecule has 1 atom stereocenters. The Hall–Kier alpha value is -3.18. The van der Waals surface area contributed by atoms with Gasteiger partial charge in [0, 0.05) is 17.6 Å². The lowest BCUT2D eigenvalue weighted by Crippen LogP contribution is -2.19. The fraction of sp³-hybridized carbons (Fsp3) is 0.296. The Balaban J connectivity index is 1.48. The maximum absolute atomic E-state index is 15.8. The number of fused-ring (bicyclic) bond motifs is 1. The first-order valence-corrected chi connectivity index (χ1v) is 11.3. The SMILES string of the molecule is CCc1cc(OCc2ccccc2)ccc1-c1ccc2cnn(C3CCCCO3)c2c1F. The normalized spacial score (nSPS) is 16.4. The number of rotatable bonds is 6. The highest BCUT2D eigenvalue weighted by molar-refractivity contribution is 5.86. The van der Waals surface area contributed by atoms with Crippen LogP contribution in [-0.2, 0) is 17.8 Å². The second-order valence-electron chi connectivity index (χ2n) is 8.22. The van der Waals surface area contributed by atoms with E-state index in [0.717, 1.165) is 53.5 Å². The van der Waals surface area contributed by atoms with Crippen LogP contribution in [-0.4, -0.2) is 16.4 Å². The minimum Gasteiger partial charge on any atom is -0.489 e. The van der Waals surface area contributed by atoms with E-state index in [1.165, 1.54) is 0 Å². The van der Waals surface area contributed by atoms with Gasteiger partial charge in [0.2, 0.25) is 0 Å². The summed E-state index contributed by atoms with van der Waals surface area (Å²) < 4.78 is 29.4. The third kappa shape index (κ3) is 4.00. The van der Waals surface area contributed by atoms with Gasteiger partial charge in [-0.15, -0.1) is 0 Å². The molecule has 3 aromatic carbocycles. The van der Waals surface area contributed by atoms with Crippen molar-refractivity contribution in [2.24, 2.45) is 0 Å². The summed E-state index contributed by atoms with van der Waals surface area (Å²) >= 11 is 0. The first-order chi connectivity index (χ1) is 15.7. The average Bonchev–Trinajstić information content (AvgIpc) is 3.29. The fourth-order valence-electron chi connectivity index (χ4n) is 4.40. The zero-order valence-corrected chi connectivity index (χ0v) is 18.3. The molecule has 0 saturated carbocycles. The van der Waals surface area contributed by atoms with Crippen molar-refractivity contribution in [1.82, 2.24) is 9.78 Å². The number of nitrogens with zero attached hydrogens (tertiary/aromatic N) is 2. The topological polar surface area (TPSA) is 36.3 Å². The van der Waals surface area contributed by atoms with E-state index < -0.39 is 0 Å². The molecular weight excluding hydrogens is 403 g/mol. The van der Waals surface area contributed by atoms with E-state index in [4.69, 9.17) is 9.47 Å². The molecule has 1 saturated heterocycles. The van der Waals surface area contributed by atoms with Gasteiger partial charge in [-0.05, 0) is 54.5 Å². The van der Waals surface area contributed by atoms with Crippen LogP contribution < -0.4 is 4.74 Å². The van der Waals surface area contributed by atoms with Crippen LogP contribution in [0.4, 0.5) is 4.39 Å². The lowest BCUT2D eigenvalue weighted by molar-refractivity contribution is -0.0369. The molecular formula is C27H27FN2O2. The molecule has 5 rings (SSSR count). The van der Waals surface area contributed by atoms with Crippen LogP contribution in [0.15, 0.2) is 66.9 Å². The zero-order chi connectivity index (χ0) is 21.9. The number of ether oxygens (including phenoxy) is 2. The van der Waals surface area contributed by atoms with Crippen molar-refractivity contribution in [2.75, 3.05) is 6.61 Å². The van der Waals surface area contributed by atoms with Crippen molar-refractivity contribution in [2.45, 2.75) is 45.4 Å². The van der Waals surface area contributed by atoms with E-state index >= 15 is 4.39 Å². The van der Waals surface area contributed by atoms with Gasteiger partial charge >= 0.3 is 0 Å². The molecule has 4 nitrogen and oxygen atoms in total. The Labute approximate surface area is 187 Å². The molecule has 1 aromatic heterocycles. The maximum Gasteiger partial charge on any atom is 0.157 e. The summed E-state index contributed by atoms with van der Waals surface area (Å²) in [7, 11) is 0. The molecule has 32 heavy (non-hydrogen) atoms. The molecule has 0 aliphatic carbocycles. The molecule has 1 aliphatic heterocycles. The van der Waals surface area contributed by atoms with E-state index in [9.17, 15) is 0 Å². The van der Waals surface area contributed by atoms with Crippen molar-refractivity contribution in [3.8, 4) is 16.9 Å². The van der Waals surface area contributed by atoms with Crippen molar-refractivity contribution >= 4 is 10.9 Å². The number of hydrogen-bond acceptors (Lipinski definition) is 3. The van der Waals surface area contributed by atoms with Crippen LogP contribution in [0.25, 0.3) is 22.0 Å². The van der Waals surface area contributed by atoms with E-state index in [1.807, 2.05) is 60.7 Å². The quantitative estimate of drug-likeness (QED) is 0.342. The van der Waals surface area contributed by atoms with Gasteiger partial charge in [-0.25, -0.2) is 9.07 Å². The first kappa shape index (κ1) is 20.7. The van der Waals surface area contributed by atoms with Crippen molar-refractivity contribution in [3.63, 3.8) is 0 Å². The fourth-order valence-corrected chi connectivity index (χ4v) is 4.40. The highest BCUT2D eigenvalue weighted by Gasteiger charge is 2.22. The predicted octanol–water partition coefficient (Wildman–Crippen LogP) is 6.68. The van der Waals surface area contributed by atoms with Gasteiger partial charge in [0.15, 0.2) is 12.0 Å². The third-order valence-corrected chi connectivity index (χ3v) is 6.12. The predicted molar refractivity (Wildman–Crippen MR) is 124 cm³/mol. The number of aryl methyl sites for hydroxylation is 1. The van der Waals surface area contributed by atoms with Gasteiger partial charge in [0.1, 0.15) is 17.9 Å². The van der Waals surface area contributed by atoms with Gasteiger partial charge in [0.05, 0.1) is 6.20 Å². The first-order valence-electron chi connectivity index (χ1n) is 11.3. The Morgan fingerprint density at radius 2 is 1.91 bits per heavy atom. The van der Waals surface area contributed by atoms with E-state index in [1.54, 1.807) is 10.9 Å². The second-order valence-corrected chi connectivity index (χ2v) is 8.22. The third-order valence-electron chi connectivity index (χ3n) is 6.12. The average molecular weight is 431 g/mol. The summed E-state index contributed by atoms with van der Waals surface area (Å²) in [6.45, 7) is 3.28. The van der Waals surface area contributed by atoms with Gasteiger partial charge in [0.25, 0.3) is 0 Å². The van der Waals surface area contributed by atoms with Gasteiger partial charge in [-0.3, -0.25) is 0 Å². The Kier molecular flexibility index (Phi) is 5.91. The summed E-state index contributed by atoms with van der Waals surface area (Å²) in [5.41, 5.74) is 4.15. The number of benzene rings is 3. The molecule has 164 valence electrons. The van der Waals surface area contributed by atoms with Crippen LogP contribution in [0.2, 0.25) is 0 Å². The van der Waals surface area contributed by atoms with Gasteiger partial charge < -0.3 is 9.47 Å². The van der Waals surface area contributed by atoms with Crippen LogP contribution in [0.5, 0.6) is 5.75 Å². The molecule has 0 spiro atoms. The van der Waals surface area contributed by atoms with Gasteiger partial charge in [-0.2, -0.15) is 5.10 Å². The van der Waals surface area contributed by atoms with E-state index in [2.05, 4.69) is 12.0 Å². The van der Waals surface area contributed by atoms with Crippen LogP contribution in [0, 0.1) is 5.82 Å². The van der Waals surface area contributed by atoms with Crippen molar-refractivity contribution in [3.05, 3.63) is 83.8 Å². The maximum atomic E-state index is 15.8.